The molecular formula is C17H18ClNO. The molecule has 3 rings (SSSR count). The Balaban J connectivity index is 1.85. The molecule has 1 atom stereocenters. The van der Waals surface area contributed by atoms with Gasteiger partial charge in [-0.3, -0.25) is 0 Å². The van der Waals surface area contributed by atoms with Crippen molar-refractivity contribution in [2.24, 2.45) is 5.73 Å². The minimum absolute atomic E-state index is 0.0983. The molecule has 1 aliphatic carbocycles. The zero-order valence-corrected chi connectivity index (χ0v) is 12.1. The van der Waals surface area contributed by atoms with Crippen molar-refractivity contribution >= 4 is 11.6 Å². The van der Waals surface area contributed by atoms with Crippen LogP contribution in [0.2, 0.25) is 5.02 Å². The van der Waals surface area contributed by atoms with E-state index in [0.717, 1.165) is 30.6 Å². The van der Waals surface area contributed by atoms with Crippen LogP contribution in [0.5, 0.6) is 5.75 Å². The topological polar surface area (TPSA) is 35.2 Å². The van der Waals surface area contributed by atoms with Crippen molar-refractivity contribution in [3.05, 3.63) is 64.2 Å². The molecule has 0 radical (unpaired) electrons. The summed E-state index contributed by atoms with van der Waals surface area (Å²) in [5.74, 6) is 0.741. The molecule has 0 heterocycles. The molecule has 1 aliphatic rings. The lowest BCUT2D eigenvalue weighted by atomic mass is 9.89. The summed E-state index contributed by atoms with van der Waals surface area (Å²) in [6.45, 7) is 0.492. The van der Waals surface area contributed by atoms with Crippen LogP contribution in [0, 0.1) is 0 Å². The first kappa shape index (κ1) is 13.5. The van der Waals surface area contributed by atoms with Gasteiger partial charge in [-0.25, -0.2) is 0 Å². The molecule has 104 valence electrons. The summed E-state index contributed by atoms with van der Waals surface area (Å²) in [4.78, 5) is 0. The van der Waals surface area contributed by atoms with Crippen LogP contribution in [0.15, 0.2) is 42.5 Å². The van der Waals surface area contributed by atoms with Crippen LogP contribution in [0.3, 0.4) is 0 Å². The molecule has 2 N–H and O–H groups in total. The molecule has 0 saturated heterocycles. The van der Waals surface area contributed by atoms with Crippen molar-refractivity contribution < 1.29 is 4.74 Å². The summed E-state index contributed by atoms with van der Waals surface area (Å²) in [5.41, 5.74) is 9.31. The zero-order valence-electron chi connectivity index (χ0n) is 11.3. The van der Waals surface area contributed by atoms with Gasteiger partial charge in [0.1, 0.15) is 11.9 Å². The van der Waals surface area contributed by atoms with E-state index >= 15 is 0 Å². The molecule has 2 nitrogen and oxygen atoms in total. The highest BCUT2D eigenvalue weighted by atomic mass is 35.5. The van der Waals surface area contributed by atoms with Crippen LogP contribution in [-0.2, 0) is 13.0 Å². The third kappa shape index (κ3) is 2.67. The van der Waals surface area contributed by atoms with Gasteiger partial charge < -0.3 is 10.5 Å². The predicted molar refractivity (Wildman–Crippen MR) is 82.1 cm³/mol. The second-order valence-electron chi connectivity index (χ2n) is 5.17. The van der Waals surface area contributed by atoms with Crippen molar-refractivity contribution in [1.82, 2.24) is 0 Å². The lowest BCUT2D eigenvalue weighted by Gasteiger charge is -2.26. The summed E-state index contributed by atoms with van der Waals surface area (Å²) in [6, 6.07) is 14.3. The highest BCUT2D eigenvalue weighted by Crippen LogP contribution is 2.36. The van der Waals surface area contributed by atoms with Crippen LogP contribution < -0.4 is 10.5 Å². The normalized spacial score (nSPS) is 17.6. The number of benzene rings is 2. The third-order valence-corrected chi connectivity index (χ3v) is 4.11. The molecule has 0 saturated carbocycles. The maximum atomic E-state index is 6.27. The SMILES string of the molecule is NCc1ccc(OC2CCCc3ccccc32)c(Cl)c1. The summed E-state index contributed by atoms with van der Waals surface area (Å²) in [7, 11) is 0. The fourth-order valence-electron chi connectivity index (χ4n) is 2.75. The molecule has 0 amide bonds. The van der Waals surface area contributed by atoms with E-state index in [1.54, 1.807) is 0 Å². The van der Waals surface area contributed by atoms with E-state index in [1.807, 2.05) is 18.2 Å². The van der Waals surface area contributed by atoms with E-state index in [-0.39, 0.29) is 6.10 Å². The van der Waals surface area contributed by atoms with E-state index in [9.17, 15) is 0 Å². The first-order valence-electron chi connectivity index (χ1n) is 7.01. The number of ether oxygens (including phenoxy) is 1. The summed E-state index contributed by atoms with van der Waals surface area (Å²) in [6.07, 6.45) is 3.42. The quantitative estimate of drug-likeness (QED) is 0.916. The highest BCUT2D eigenvalue weighted by molar-refractivity contribution is 6.32. The maximum absolute atomic E-state index is 6.27. The Bertz CT molecular complexity index is 612. The van der Waals surface area contributed by atoms with Gasteiger partial charge in [0.05, 0.1) is 5.02 Å². The lowest BCUT2D eigenvalue weighted by Crippen LogP contribution is -2.15. The first-order valence-corrected chi connectivity index (χ1v) is 7.38. The van der Waals surface area contributed by atoms with Gasteiger partial charge in [-0.2, -0.15) is 0 Å². The van der Waals surface area contributed by atoms with Crippen molar-refractivity contribution in [3.63, 3.8) is 0 Å². The van der Waals surface area contributed by atoms with E-state index in [4.69, 9.17) is 22.1 Å². The smallest absolute Gasteiger partial charge is 0.138 e. The largest absolute Gasteiger partial charge is 0.484 e. The Morgan fingerprint density at radius 1 is 1.20 bits per heavy atom. The van der Waals surface area contributed by atoms with E-state index in [0.29, 0.717) is 11.6 Å². The minimum Gasteiger partial charge on any atom is -0.484 e. The number of rotatable bonds is 3. The Morgan fingerprint density at radius 2 is 2.05 bits per heavy atom. The first-order chi connectivity index (χ1) is 9.78. The molecule has 1 unspecified atom stereocenters. The van der Waals surface area contributed by atoms with Crippen LogP contribution in [0.25, 0.3) is 0 Å². The molecule has 2 aromatic carbocycles. The fourth-order valence-corrected chi connectivity index (χ4v) is 3.00. The van der Waals surface area contributed by atoms with Crippen LogP contribution in [0.4, 0.5) is 0 Å². The van der Waals surface area contributed by atoms with Crippen molar-refractivity contribution in [3.8, 4) is 5.75 Å². The maximum Gasteiger partial charge on any atom is 0.138 e. The second kappa shape index (κ2) is 5.86. The van der Waals surface area contributed by atoms with Crippen molar-refractivity contribution in [2.45, 2.75) is 31.9 Å². The van der Waals surface area contributed by atoms with Gasteiger partial charge in [0.15, 0.2) is 0 Å². The Morgan fingerprint density at radius 3 is 2.85 bits per heavy atom. The van der Waals surface area contributed by atoms with Crippen LogP contribution in [0.1, 0.15) is 35.6 Å². The monoisotopic (exact) mass is 287 g/mol. The highest BCUT2D eigenvalue weighted by Gasteiger charge is 2.21. The van der Waals surface area contributed by atoms with Gasteiger partial charge in [-0.1, -0.05) is 41.9 Å². The van der Waals surface area contributed by atoms with E-state index in [2.05, 4.69) is 24.3 Å². The minimum atomic E-state index is 0.0983. The average molecular weight is 288 g/mol. The number of hydrogen-bond acceptors (Lipinski definition) is 2. The fraction of sp³-hybridized carbons (Fsp3) is 0.294. The van der Waals surface area contributed by atoms with Crippen LogP contribution >= 0.6 is 11.6 Å². The predicted octanol–water partition coefficient (Wildman–Crippen LogP) is 4.26. The van der Waals surface area contributed by atoms with Crippen molar-refractivity contribution in [1.29, 1.82) is 0 Å². The van der Waals surface area contributed by atoms with Crippen molar-refractivity contribution in [2.75, 3.05) is 0 Å². The Labute approximate surface area is 124 Å². The van der Waals surface area contributed by atoms with Gasteiger partial charge in [-0.05, 0) is 48.1 Å². The van der Waals surface area contributed by atoms with Gasteiger partial charge in [0.25, 0.3) is 0 Å². The summed E-state index contributed by atoms with van der Waals surface area (Å²) < 4.78 is 6.14. The molecule has 0 fully saturated rings. The molecule has 0 spiro atoms. The summed E-state index contributed by atoms with van der Waals surface area (Å²) >= 11 is 6.27. The van der Waals surface area contributed by atoms with E-state index in [1.165, 1.54) is 11.1 Å². The van der Waals surface area contributed by atoms with Gasteiger partial charge in [0, 0.05) is 6.54 Å². The zero-order chi connectivity index (χ0) is 13.9. The molecule has 0 bridgehead atoms. The standard InChI is InChI=1S/C17H18ClNO/c18-15-10-12(11-19)8-9-17(15)20-16-7-3-5-13-4-1-2-6-14(13)16/h1-2,4,6,8-10,16H,3,5,7,11,19H2. The van der Waals surface area contributed by atoms with Gasteiger partial charge in [0.2, 0.25) is 0 Å². The molecule has 20 heavy (non-hydrogen) atoms. The molecule has 0 aliphatic heterocycles. The molecule has 0 aromatic heterocycles. The number of nitrogens with two attached hydrogens (primary N) is 1. The number of fused-ring (bicyclic) bond motifs is 1. The second-order valence-corrected chi connectivity index (χ2v) is 5.57. The average Bonchev–Trinajstić information content (AvgIpc) is 2.49. The Hall–Kier alpha value is -1.51. The number of aryl methyl sites for hydroxylation is 1. The third-order valence-electron chi connectivity index (χ3n) is 3.82. The number of halogens is 1. The molecular weight excluding hydrogens is 270 g/mol. The lowest BCUT2D eigenvalue weighted by molar-refractivity contribution is 0.183. The van der Waals surface area contributed by atoms with E-state index < -0.39 is 0 Å². The Kier molecular flexibility index (Phi) is 3.95. The molecule has 2 aromatic rings. The van der Waals surface area contributed by atoms with Gasteiger partial charge in [-0.15, -0.1) is 0 Å². The van der Waals surface area contributed by atoms with Crippen LogP contribution in [-0.4, -0.2) is 0 Å². The van der Waals surface area contributed by atoms with Gasteiger partial charge >= 0.3 is 0 Å². The summed E-state index contributed by atoms with van der Waals surface area (Å²) in [5, 5.41) is 0.635. The number of hydrogen-bond donors (Lipinski definition) is 1. The molecule has 3 heteroatoms.